The third kappa shape index (κ3) is 4.00. The van der Waals surface area contributed by atoms with E-state index in [9.17, 15) is 4.79 Å². The van der Waals surface area contributed by atoms with Crippen molar-refractivity contribution in [1.82, 2.24) is 19.8 Å². The number of nitrogens with one attached hydrogen (secondary N) is 1. The number of nitrogens with zero attached hydrogens (tertiary/aromatic N) is 3. The summed E-state index contributed by atoms with van der Waals surface area (Å²) in [7, 11) is 5.48. The van der Waals surface area contributed by atoms with Gasteiger partial charge in [0.2, 0.25) is 0 Å². The molecule has 1 atom stereocenters. The third-order valence-electron chi connectivity index (χ3n) is 5.25. The molecule has 1 aromatic carbocycles. The molecule has 0 radical (unpaired) electrons. The highest BCUT2D eigenvalue weighted by Crippen LogP contribution is 2.26. The zero-order valence-electron chi connectivity index (χ0n) is 15.8. The van der Waals surface area contributed by atoms with Crippen LogP contribution in [0.3, 0.4) is 0 Å². The molecule has 2 aromatic rings. The molecule has 1 aromatic heterocycles. The van der Waals surface area contributed by atoms with Gasteiger partial charge in [-0.3, -0.25) is 0 Å². The van der Waals surface area contributed by atoms with Gasteiger partial charge in [0.1, 0.15) is 17.6 Å². The summed E-state index contributed by atoms with van der Waals surface area (Å²) in [5.41, 5.74) is 0.948. The summed E-state index contributed by atoms with van der Waals surface area (Å²) in [5.74, 6) is 1.56. The van der Waals surface area contributed by atoms with Crippen LogP contribution in [0.5, 0.6) is 5.75 Å². The Bertz CT molecular complexity index is 737. The third-order valence-corrected chi connectivity index (χ3v) is 5.25. The fourth-order valence-electron chi connectivity index (χ4n) is 3.63. The fourth-order valence-corrected chi connectivity index (χ4v) is 3.63. The summed E-state index contributed by atoms with van der Waals surface area (Å²) in [5, 5.41) is 3.17. The molecule has 0 saturated heterocycles. The average molecular weight is 356 g/mol. The number of urea groups is 1. The van der Waals surface area contributed by atoms with Crippen molar-refractivity contribution in [3.8, 4) is 5.75 Å². The lowest BCUT2D eigenvalue weighted by atomic mass is 9.95. The van der Waals surface area contributed by atoms with E-state index < -0.39 is 0 Å². The highest BCUT2D eigenvalue weighted by Gasteiger charge is 2.26. The van der Waals surface area contributed by atoms with Crippen molar-refractivity contribution in [1.29, 1.82) is 0 Å². The number of rotatable bonds is 5. The van der Waals surface area contributed by atoms with Crippen LogP contribution in [0.25, 0.3) is 0 Å². The van der Waals surface area contributed by atoms with Gasteiger partial charge in [-0.05, 0) is 30.5 Å². The van der Waals surface area contributed by atoms with Gasteiger partial charge in [0.05, 0.1) is 7.11 Å². The Morgan fingerprint density at radius 3 is 2.77 bits per heavy atom. The van der Waals surface area contributed by atoms with Crippen LogP contribution in [0.2, 0.25) is 0 Å². The first-order valence-electron chi connectivity index (χ1n) is 9.24. The van der Waals surface area contributed by atoms with Crippen LogP contribution in [0.15, 0.2) is 36.7 Å². The zero-order valence-corrected chi connectivity index (χ0v) is 15.8. The average Bonchev–Trinajstić information content (AvgIpc) is 3.11. The number of aromatic nitrogens is 2. The first-order chi connectivity index (χ1) is 12.6. The largest absolute Gasteiger partial charge is 0.497 e. The molecular formula is C20H28N4O2. The molecule has 0 aliphatic heterocycles. The smallest absolute Gasteiger partial charge is 0.318 e. The molecule has 2 amide bonds. The van der Waals surface area contributed by atoms with E-state index in [2.05, 4.69) is 10.3 Å². The molecule has 1 aliphatic rings. The number of aryl methyl sites for hydroxylation is 1. The number of carbonyl (C=O) groups excluding carboxylic acids is 1. The van der Waals surface area contributed by atoms with Gasteiger partial charge in [0.25, 0.3) is 0 Å². The minimum absolute atomic E-state index is 0.0623. The first-order valence-corrected chi connectivity index (χ1v) is 9.24. The number of hydrogen-bond donors (Lipinski definition) is 1. The number of ether oxygens (including phenoxy) is 1. The minimum Gasteiger partial charge on any atom is -0.497 e. The van der Waals surface area contributed by atoms with E-state index in [-0.39, 0.29) is 12.1 Å². The maximum atomic E-state index is 12.9. The number of amides is 2. The number of methoxy groups -OCH3 is 1. The molecule has 140 valence electrons. The summed E-state index contributed by atoms with van der Waals surface area (Å²) < 4.78 is 7.29. The zero-order chi connectivity index (χ0) is 18.5. The van der Waals surface area contributed by atoms with Crippen LogP contribution in [-0.4, -0.2) is 40.7 Å². The minimum atomic E-state index is -0.330. The topological polar surface area (TPSA) is 59.4 Å². The van der Waals surface area contributed by atoms with Crippen LogP contribution in [-0.2, 0) is 7.05 Å². The molecule has 1 fully saturated rings. The van der Waals surface area contributed by atoms with Crippen molar-refractivity contribution in [2.45, 2.75) is 44.2 Å². The van der Waals surface area contributed by atoms with Gasteiger partial charge in [-0.25, -0.2) is 9.78 Å². The Morgan fingerprint density at radius 2 is 2.12 bits per heavy atom. The van der Waals surface area contributed by atoms with Gasteiger partial charge in [0.15, 0.2) is 0 Å². The Hall–Kier alpha value is -2.50. The van der Waals surface area contributed by atoms with E-state index in [1.54, 1.807) is 13.3 Å². The highest BCUT2D eigenvalue weighted by atomic mass is 16.5. The molecule has 1 heterocycles. The van der Waals surface area contributed by atoms with E-state index in [1.165, 1.54) is 19.3 Å². The molecule has 6 heteroatoms. The predicted molar refractivity (Wildman–Crippen MR) is 101 cm³/mol. The maximum Gasteiger partial charge on any atom is 0.318 e. The highest BCUT2D eigenvalue weighted by molar-refractivity contribution is 5.75. The van der Waals surface area contributed by atoms with Crippen LogP contribution in [0, 0.1) is 0 Å². The van der Waals surface area contributed by atoms with Gasteiger partial charge < -0.3 is 19.5 Å². The van der Waals surface area contributed by atoms with Gasteiger partial charge in [0, 0.05) is 32.5 Å². The van der Waals surface area contributed by atoms with Gasteiger partial charge >= 0.3 is 6.03 Å². The van der Waals surface area contributed by atoms with Crippen molar-refractivity contribution in [3.63, 3.8) is 0 Å². The molecule has 6 nitrogen and oxygen atoms in total. The Kier molecular flexibility index (Phi) is 5.81. The van der Waals surface area contributed by atoms with Crippen molar-refractivity contribution >= 4 is 6.03 Å². The lowest BCUT2D eigenvalue weighted by Crippen LogP contribution is -2.46. The second-order valence-corrected chi connectivity index (χ2v) is 6.96. The maximum absolute atomic E-state index is 12.9. The predicted octanol–water partition coefficient (Wildman–Crippen LogP) is 3.49. The fraction of sp³-hybridized carbons (Fsp3) is 0.500. The molecule has 0 spiro atoms. The second kappa shape index (κ2) is 8.25. The molecule has 1 saturated carbocycles. The molecule has 3 rings (SSSR count). The molecular weight excluding hydrogens is 328 g/mol. The molecule has 0 bridgehead atoms. The Balaban J connectivity index is 1.84. The quantitative estimate of drug-likeness (QED) is 0.892. The first kappa shape index (κ1) is 18.3. The van der Waals surface area contributed by atoms with Crippen LogP contribution in [0.1, 0.15) is 49.5 Å². The summed E-state index contributed by atoms with van der Waals surface area (Å²) >= 11 is 0. The lowest BCUT2D eigenvalue weighted by molar-refractivity contribution is 0.171. The van der Waals surface area contributed by atoms with E-state index in [0.29, 0.717) is 6.04 Å². The van der Waals surface area contributed by atoms with Gasteiger partial charge in [-0.1, -0.05) is 31.4 Å². The van der Waals surface area contributed by atoms with Crippen LogP contribution in [0.4, 0.5) is 4.79 Å². The second-order valence-electron chi connectivity index (χ2n) is 6.96. The van der Waals surface area contributed by atoms with Crippen molar-refractivity contribution in [3.05, 3.63) is 48.0 Å². The molecule has 26 heavy (non-hydrogen) atoms. The van der Waals surface area contributed by atoms with Gasteiger partial charge in [-0.15, -0.1) is 0 Å². The Morgan fingerprint density at radius 1 is 1.35 bits per heavy atom. The number of benzene rings is 1. The summed E-state index contributed by atoms with van der Waals surface area (Å²) in [4.78, 5) is 19.3. The van der Waals surface area contributed by atoms with Gasteiger partial charge in [-0.2, -0.15) is 0 Å². The van der Waals surface area contributed by atoms with E-state index in [0.717, 1.165) is 30.0 Å². The van der Waals surface area contributed by atoms with E-state index in [1.807, 2.05) is 54.0 Å². The summed E-state index contributed by atoms with van der Waals surface area (Å²) in [6.45, 7) is 0. The summed E-state index contributed by atoms with van der Waals surface area (Å²) in [6.07, 6.45) is 9.46. The van der Waals surface area contributed by atoms with Crippen molar-refractivity contribution in [2.75, 3.05) is 14.2 Å². The number of carbonyl (C=O) groups is 1. The molecule has 1 unspecified atom stereocenters. The monoisotopic (exact) mass is 356 g/mol. The van der Waals surface area contributed by atoms with Crippen LogP contribution >= 0.6 is 0 Å². The number of hydrogen-bond acceptors (Lipinski definition) is 3. The molecule has 1 N–H and O–H groups in total. The number of imidazole rings is 1. The normalized spacial score (nSPS) is 16.1. The summed E-state index contributed by atoms with van der Waals surface area (Å²) in [6, 6.07) is 7.69. The van der Waals surface area contributed by atoms with Crippen molar-refractivity contribution in [2.24, 2.45) is 7.05 Å². The SMILES string of the molecule is COc1cccc(C(NC(=O)N(C)C2CCCCC2)c2nccn2C)c1. The Labute approximate surface area is 155 Å². The van der Waals surface area contributed by atoms with Crippen molar-refractivity contribution < 1.29 is 9.53 Å². The standard InChI is InChI=1S/C20H28N4O2/c1-23-13-12-21-19(23)18(15-8-7-11-17(14-15)26-3)22-20(25)24(2)16-9-5-4-6-10-16/h7-8,11-14,16,18H,4-6,9-10H2,1-3H3,(H,22,25). The lowest BCUT2D eigenvalue weighted by Gasteiger charge is -2.32. The van der Waals surface area contributed by atoms with E-state index in [4.69, 9.17) is 4.74 Å². The van der Waals surface area contributed by atoms with E-state index >= 15 is 0 Å². The van der Waals surface area contributed by atoms with Crippen LogP contribution < -0.4 is 10.1 Å². The molecule has 1 aliphatic carbocycles.